The van der Waals surface area contributed by atoms with Crippen LogP contribution in [0.15, 0.2) is 0 Å². The number of rotatable bonds is 5. The minimum atomic E-state index is 0.322. The van der Waals surface area contributed by atoms with Crippen LogP contribution in [0.3, 0.4) is 0 Å². The van der Waals surface area contributed by atoms with E-state index >= 15 is 0 Å². The van der Waals surface area contributed by atoms with E-state index in [4.69, 9.17) is 0 Å². The van der Waals surface area contributed by atoms with Crippen LogP contribution in [0.25, 0.3) is 0 Å². The summed E-state index contributed by atoms with van der Waals surface area (Å²) in [7, 11) is 0. The maximum absolute atomic E-state index is 12.8. The lowest BCUT2D eigenvalue weighted by atomic mass is 9.74. The fourth-order valence-corrected chi connectivity index (χ4v) is 6.69. The van der Waals surface area contributed by atoms with Crippen LogP contribution in [0.5, 0.6) is 0 Å². The van der Waals surface area contributed by atoms with Gasteiger partial charge in [-0.2, -0.15) is 0 Å². The number of piperidine rings is 1. The smallest absolute Gasteiger partial charge is 0.220 e. The molecular weight excluding hydrogens is 368 g/mol. The molecule has 174 valence electrons. The average molecular weight is 419 g/mol. The van der Waals surface area contributed by atoms with Gasteiger partial charge < -0.3 is 10.6 Å². The van der Waals surface area contributed by atoms with E-state index < -0.39 is 0 Å². The molecule has 2 aliphatic carbocycles. The van der Waals surface area contributed by atoms with Crippen molar-refractivity contribution >= 4 is 5.91 Å². The van der Waals surface area contributed by atoms with Crippen LogP contribution in [0.1, 0.15) is 129 Å². The van der Waals surface area contributed by atoms with E-state index in [1.165, 1.54) is 109 Å². The number of amides is 1. The molecule has 3 fully saturated rings. The van der Waals surface area contributed by atoms with E-state index in [-0.39, 0.29) is 0 Å². The van der Waals surface area contributed by atoms with Crippen molar-refractivity contribution in [3.63, 3.8) is 0 Å². The number of hydrogen-bond acceptors (Lipinski definition) is 2. The molecule has 3 rings (SSSR count). The van der Waals surface area contributed by atoms with Gasteiger partial charge in [-0.15, -0.1) is 0 Å². The van der Waals surface area contributed by atoms with Crippen LogP contribution < -0.4 is 10.6 Å². The molecule has 0 radical (unpaired) electrons. The molecule has 1 saturated heterocycles. The Hall–Kier alpha value is -0.570. The number of carbonyl (C=O) groups excluding carboxylic acids is 1. The Morgan fingerprint density at radius 2 is 1.47 bits per heavy atom. The highest BCUT2D eigenvalue weighted by Crippen LogP contribution is 2.36. The predicted octanol–water partition coefficient (Wildman–Crippen LogP) is 6.75. The number of hydrogen-bond donors (Lipinski definition) is 2. The molecule has 1 unspecified atom stereocenters. The van der Waals surface area contributed by atoms with Gasteiger partial charge in [-0.3, -0.25) is 4.79 Å². The van der Waals surface area contributed by atoms with Gasteiger partial charge in [0, 0.05) is 18.0 Å². The Balaban J connectivity index is 1.43. The standard InChI is InChI=1S/C27H50N2O/c1-22(2)19-23-11-13-25(14-12-23)29-26(30)20-24-15-18-28-27(21-24)16-9-7-5-3-4-6-8-10-17-27/h22-25,28H,3-21H2,1-2H3,(H,29,30)/t23-,24?,25-. The fourth-order valence-electron chi connectivity index (χ4n) is 6.69. The summed E-state index contributed by atoms with van der Waals surface area (Å²) < 4.78 is 0. The normalized spacial score (nSPS) is 31.2. The molecule has 0 aromatic rings. The molecule has 3 nitrogen and oxygen atoms in total. The SMILES string of the molecule is CC(C)C[C@H]1CC[C@H](NC(=O)CC2CCNC3(CCCCCCCCCC3)C2)CC1. The minimum absolute atomic E-state index is 0.322. The van der Waals surface area contributed by atoms with Gasteiger partial charge in [0.15, 0.2) is 0 Å². The van der Waals surface area contributed by atoms with Crippen molar-refractivity contribution in [2.75, 3.05) is 6.54 Å². The van der Waals surface area contributed by atoms with Crippen molar-refractivity contribution in [2.45, 2.75) is 141 Å². The Morgan fingerprint density at radius 3 is 2.07 bits per heavy atom. The van der Waals surface area contributed by atoms with E-state index in [1.54, 1.807) is 0 Å². The second kappa shape index (κ2) is 12.5. The van der Waals surface area contributed by atoms with E-state index in [0.29, 0.717) is 23.4 Å². The molecule has 1 atom stereocenters. The largest absolute Gasteiger partial charge is 0.353 e. The Labute approximate surface area is 186 Å². The summed E-state index contributed by atoms with van der Waals surface area (Å²) in [6.45, 7) is 5.78. The van der Waals surface area contributed by atoms with Crippen molar-refractivity contribution < 1.29 is 4.79 Å². The number of carbonyl (C=O) groups is 1. The zero-order chi connectivity index (χ0) is 21.2. The summed E-state index contributed by atoms with van der Waals surface area (Å²) in [5.41, 5.74) is 0.322. The van der Waals surface area contributed by atoms with E-state index in [0.717, 1.165) is 24.8 Å². The van der Waals surface area contributed by atoms with Gasteiger partial charge in [0.25, 0.3) is 0 Å². The third-order valence-corrected chi connectivity index (χ3v) is 8.28. The number of nitrogens with one attached hydrogen (secondary N) is 2. The molecule has 1 heterocycles. The average Bonchev–Trinajstić information content (AvgIpc) is 2.75. The molecule has 2 saturated carbocycles. The Morgan fingerprint density at radius 1 is 0.867 bits per heavy atom. The van der Waals surface area contributed by atoms with E-state index in [2.05, 4.69) is 24.5 Å². The lowest BCUT2D eigenvalue weighted by Gasteiger charge is -2.43. The van der Waals surface area contributed by atoms with Crippen molar-refractivity contribution in [3.8, 4) is 0 Å². The molecular formula is C27H50N2O. The summed E-state index contributed by atoms with van der Waals surface area (Å²) in [5.74, 6) is 2.61. The molecule has 1 spiro atoms. The summed E-state index contributed by atoms with van der Waals surface area (Å²) in [6.07, 6.45) is 23.4. The van der Waals surface area contributed by atoms with Crippen LogP contribution >= 0.6 is 0 Å². The zero-order valence-electron chi connectivity index (χ0n) is 20.2. The summed E-state index contributed by atoms with van der Waals surface area (Å²) in [4.78, 5) is 12.8. The van der Waals surface area contributed by atoms with Crippen LogP contribution in [0, 0.1) is 17.8 Å². The first-order valence-corrected chi connectivity index (χ1v) is 13.6. The van der Waals surface area contributed by atoms with Gasteiger partial charge in [-0.05, 0) is 82.1 Å². The molecule has 2 N–H and O–H groups in total. The van der Waals surface area contributed by atoms with Crippen molar-refractivity contribution in [2.24, 2.45) is 17.8 Å². The molecule has 1 aliphatic heterocycles. The fraction of sp³-hybridized carbons (Fsp3) is 0.963. The maximum Gasteiger partial charge on any atom is 0.220 e. The third kappa shape index (κ3) is 8.17. The molecule has 3 heteroatoms. The highest BCUT2D eigenvalue weighted by molar-refractivity contribution is 5.76. The van der Waals surface area contributed by atoms with Gasteiger partial charge in [0.05, 0.1) is 0 Å². The zero-order valence-corrected chi connectivity index (χ0v) is 20.2. The first kappa shape index (κ1) is 24.1. The first-order chi connectivity index (χ1) is 14.5. The molecule has 0 bridgehead atoms. The van der Waals surface area contributed by atoms with Crippen LogP contribution in [-0.4, -0.2) is 24.0 Å². The van der Waals surface area contributed by atoms with Crippen molar-refractivity contribution in [1.82, 2.24) is 10.6 Å². The molecule has 30 heavy (non-hydrogen) atoms. The summed E-state index contributed by atoms with van der Waals surface area (Å²) in [5, 5.41) is 7.36. The second-order valence-corrected chi connectivity index (χ2v) is 11.5. The van der Waals surface area contributed by atoms with Crippen molar-refractivity contribution in [3.05, 3.63) is 0 Å². The lowest BCUT2D eigenvalue weighted by Crippen LogP contribution is -2.51. The maximum atomic E-state index is 12.8. The molecule has 3 aliphatic rings. The van der Waals surface area contributed by atoms with Crippen LogP contribution in [0.2, 0.25) is 0 Å². The summed E-state index contributed by atoms with van der Waals surface area (Å²) in [6, 6.07) is 0.439. The third-order valence-electron chi connectivity index (χ3n) is 8.28. The predicted molar refractivity (Wildman–Crippen MR) is 128 cm³/mol. The summed E-state index contributed by atoms with van der Waals surface area (Å²) >= 11 is 0. The van der Waals surface area contributed by atoms with Crippen LogP contribution in [-0.2, 0) is 4.79 Å². The topological polar surface area (TPSA) is 41.1 Å². The molecule has 0 aromatic heterocycles. The highest BCUT2D eigenvalue weighted by atomic mass is 16.1. The monoisotopic (exact) mass is 418 g/mol. The Kier molecular flexibility index (Phi) is 10.0. The molecule has 0 aromatic carbocycles. The van der Waals surface area contributed by atoms with Gasteiger partial charge in [0.2, 0.25) is 5.91 Å². The van der Waals surface area contributed by atoms with Gasteiger partial charge >= 0.3 is 0 Å². The van der Waals surface area contributed by atoms with E-state index in [9.17, 15) is 4.79 Å². The first-order valence-electron chi connectivity index (χ1n) is 13.6. The second-order valence-electron chi connectivity index (χ2n) is 11.5. The van der Waals surface area contributed by atoms with Gasteiger partial charge in [0.1, 0.15) is 0 Å². The van der Waals surface area contributed by atoms with Crippen LogP contribution in [0.4, 0.5) is 0 Å². The quantitative estimate of drug-likeness (QED) is 0.518. The minimum Gasteiger partial charge on any atom is -0.353 e. The lowest BCUT2D eigenvalue weighted by molar-refractivity contribution is -0.123. The van der Waals surface area contributed by atoms with Crippen molar-refractivity contribution in [1.29, 1.82) is 0 Å². The van der Waals surface area contributed by atoms with Gasteiger partial charge in [-0.25, -0.2) is 0 Å². The van der Waals surface area contributed by atoms with Gasteiger partial charge in [-0.1, -0.05) is 65.2 Å². The molecule has 1 amide bonds. The highest BCUT2D eigenvalue weighted by Gasteiger charge is 2.36. The van der Waals surface area contributed by atoms with E-state index in [1.807, 2.05) is 0 Å². The Bertz CT molecular complexity index is 483.